The molecule has 1 aromatic carbocycles. The largest absolute Gasteiger partial charge is 0.497 e. The summed E-state index contributed by atoms with van der Waals surface area (Å²) in [5, 5.41) is 0.983. The fraction of sp³-hybridized carbons (Fsp3) is 0.500. The van der Waals surface area contributed by atoms with E-state index in [0.29, 0.717) is 17.0 Å². The number of halogens is 1. The van der Waals surface area contributed by atoms with Crippen LogP contribution in [0, 0.1) is 0 Å². The van der Waals surface area contributed by atoms with Crippen molar-refractivity contribution >= 4 is 24.2 Å². The van der Waals surface area contributed by atoms with Gasteiger partial charge < -0.3 is 10.5 Å². The molecule has 0 aliphatic heterocycles. The van der Waals surface area contributed by atoms with E-state index in [1.54, 1.807) is 7.11 Å². The summed E-state index contributed by atoms with van der Waals surface area (Å²) in [6.07, 6.45) is 0. The molecule has 1 unspecified atom stereocenters. The zero-order valence-corrected chi connectivity index (χ0v) is 11.6. The molecule has 4 heteroatoms. The summed E-state index contributed by atoms with van der Waals surface area (Å²) in [4.78, 5) is 0. The highest BCUT2D eigenvalue weighted by atomic mass is 35.5. The minimum absolute atomic E-state index is 0. The summed E-state index contributed by atoms with van der Waals surface area (Å²) in [6, 6.07) is 8.15. The van der Waals surface area contributed by atoms with Gasteiger partial charge >= 0.3 is 0 Å². The molecule has 0 aliphatic carbocycles. The Balaban J connectivity index is 0.00000225. The molecule has 2 nitrogen and oxygen atoms in total. The molecule has 0 bridgehead atoms. The van der Waals surface area contributed by atoms with Gasteiger partial charge in [0.25, 0.3) is 0 Å². The van der Waals surface area contributed by atoms with Crippen molar-refractivity contribution in [3.05, 3.63) is 29.8 Å². The third kappa shape index (κ3) is 4.64. The van der Waals surface area contributed by atoms with Crippen LogP contribution in [0.5, 0.6) is 5.75 Å². The Kier molecular flexibility index (Phi) is 7.64. The Morgan fingerprint density at radius 2 is 1.81 bits per heavy atom. The highest BCUT2D eigenvalue weighted by Gasteiger charge is 2.11. The van der Waals surface area contributed by atoms with Crippen LogP contribution in [0.2, 0.25) is 0 Å². The number of hydrogen-bond donors (Lipinski definition) is 1. The highest BCUT2D eigenvalue weighted by Crippen LogP contribution is 2.31. The van der Waals surface area contributed by atoms with Crippen molar-refractivity contribution in [1.82, 2.24) is 0 Å². The predicted octanol–water partition coefficient (Wildman–Crippen LogP) is 3.26. The molecular weight excluding hydrogens is 242 g/mol. The number of hydrogen-bond acceptors (Lipinski definition) is 3. The van der Waals surface area contributed by atoms with Crippen molar-refractivity contribution in [2.45, 2.75) is 24.3 Å². The van der Waals surface area contributed by atoms with Gasteiger partial charge in [-0.25, -0.2) is 0 Å². The van der Waals surface area contributed by atoms with Crippen molar-refractivity contribution in [3.63, 3.8) is 0 Å². The zero-order chi connectivity index (χ0) is 11.3. The maximum absolute atomic E-state index is 5.77. The van der Waals surface area contributed by atoms with E-state index in [2.05, 4.69) is 26.0 Å². The maximum atomic E-state index is 5.77. The lowest BCUT2D eigenvalue weighted by atomic mass is 10.1. The van der Waals surface area contributed by atoms with Crippen molar-refractivity contribution < 1.29 is 4.74 Å². The molecule has 0 aromatic heterocycles. The molecule has 92 valence electrons. The lowest BCUT2D eigenvalue weighted by Gasteiger charge is -2.17. The van der Waals surface area contributed by atoms with Crippen LogP contribution in [0.15, 0.2) is 24.3 Å². The first-order valence-corrected chi connectivity index (χ1v) is 6.11. The van der Waals surface area contributed by atoms with Crippen LogP contribution in [0.4, 0.5) is 0 Å². The molecular formula is C12H20ClNOS. The summed E-state index contributed by atoms with van der Waals surface area (Å²) < 4.78 is 5.13. The molecule has 1 aromatic rings. The van der Waals surface area contributed by atoms with Crippen LogP contribution in [0.1, 0.15) is 24.7 Å². The summed E-state index contributed by atoms with van der Waals surface area (Å²) in [6.45, 7) is 5.06. The van der Waals surface area contributed by atoms with Crippen LogP contribution in [0.3, 0.4) is 0 Å². The van der Waals surface area contributed by atoms with E-state index in [1.807, 2.05) is 23.9 Å². The molecule has 1 rings (SSSR count). The predicted molar refractivity (Wildman–Crippen MR) is 74.8 cm³/mol. The summed E-state index contributed by atoms with van der Waals surface area (Å²) in [7, 11) is 1.68. The van der Waals surface area contributed by atoms with E-state index in [0.717, 1.165) is 5.75 Å². The Labute approximate surface area is 108 Å². The van der Waals surface area contributed by atoms with Gasteiger partial charge in [0.05, 0.1) is 7.11 Å². The smallest absolute Gasteiger partial charge is 0.118 e. The first-order valence-electron chi connectivity index (χ1n) is 5.17. The van der Waals surface area contributed by atoms with Crippen LogP contribution < -0.4 is 10.5 Å². The number of methoxy groups -OCH3 is 1. The van der Waals surface area contributed by atoms with Gasteiger partial charge in [-0.15, -0.1) is 24.2 Å². The normalized spacial score (nSPS) is 12.1. The quantitative estimate of drug-likeness (QED) is 0.884. The van der Waals surface area contributed by atoms with Crippen molar-refractivity contribution in [2.75, 3.05) is 13.7 Å². The Morgan fingerprint density at radius 3 is 2.19 bits per heavy atom. The monoisotopic (exact) mass is 261 g/mol. The summed E-state index contributed by atoms with van der Waals surface area (Å²) >= 11 is 1.90. The highest BCUT2D eigenvalue weighted by molar-refractivity contribution is 8.00. The molecule has 1 atom stereocenters. The lowest BCUT2D eigenvalue weighted by Crippen LogP contribution is -2.11. The van der Waals surface area contributed by atoms with Gasteiger partial charge in [-0.05, 0) is 22.9 Å². The molecule has 0 saturated carbocycles. The molecule has 0 amide bonds. The van der Waals surface area contributed by atoms with E-state index in [4.69, 9.17) is 10.5 Å². The average molecular weight is 262 g/mol. The summed E-state index contributed by atoms with van der Waals surface area (Å²) in [5.74, 6) is 0.893. The number of nitrogens with two attached hydrogens (primary N) is 1. The van der Waals surface area contributed by atoms with Crippen molar-refractivity contribution in [3.8, 4) is 5.75 Å². The second kappa shape index (κ2) is 7.82. The molecule has 0 radical (unpaired) electrons. The standard InChI is InChI=1S/C12H19NOS.ClH/c1-9(2)15-12(8-13)10-4-6-11(14-3)7-5-10;/h4-7,9,12H,8,13H2,1-3H3;1H. The Morgan fingerprint density at radius 1 is 1.25 bits per heavy atom. The van der Waals surface area contributed by atoms with Crippen LogP contribution in [-0.2, 0) is 0 Å². The number of ether oxygens (including phenoxy) is 1. The van der Waals surface area contributed by atoms with Crippen LogP contribution >= 0.6 is 24.2 Å². The first kappa shape index (κ1) is 15.6. The Hall–Kier alpha value is -0.380. The van der Waals surface area contributed by atoms with Gasteiger partial charge in [-0.3, -0.25) is 0 Å². The van der Waals surface area contributed by atoms with Gasteiger partial charge in [-0.2, -0.15) is 0 Å². The molecule has 16 heavy (non-hydrogen) atoms. The van der Waals surface area contributed by atoms with Gasteiger partial charge in [0.1, 0.15) is 5.75 Å². The Bertz CT molecular complexity index is 290. The molecule has 2 N–H and O–H groups in total. The maximum Gasteiger partial charge on any atom is 0.118 e. The van der Waals surface area contributed by atoms with Crippen molar-refractivity contribution in [2.24, 2.45) is 5.73 Å². The zero-order valence-electron chi connectivity index (χ0n) is 9.97. The third-order valence-corrected chi connectivity index (χ3v) is 3.48. The van der Waals surface area contributed by atoms with Crippen molar-refractivity contribution in [1.29, 1.82) is 0 Å². The van der Waals surface area contributed by atoms with E-state index in [-0.39, 0.29) is 12.4 Å². The fourth-order valence-corrected chi connectivity index (χ4v) is 2.50. The second-order valence-electron chi connectivity index (χ2n) is 3.68. The molecule has 0 heterocycles. The van der Waals surface area contributed by atoms with E-state index in [1.165, 1.54) is 5.56 Å². The van der Waals surface area contributed by atoms with Gasteiger partial charge in [0, 0.05) is 11.8 Å². The average Bonchev–Trinajstić information content (AvgIpc) is 2.26. The first-order chi connectivity index (χ1) is 7.17. The van der Waals surface area contributed by atoms with Gasteiger partial charge in [0.2, 0.25) is 0 Å². The fourth-order valence-electron chi connectivity index (χ4n) is 1.42. The third-order valence-electron chi connectivity index (χ3n) is 2.14. The van der Waals surface area contributed by atoms with Crippen LogP contribution in [-0.4, -0.2) is 18.9 Å². The SMILES string of the molecule is COc1ccc(C(CN)SC(C)C)cc1.Cl. The van der Waals surface area contributed by atoms with Crippen LogP contribution in [0.25, 0.3) is 0 Å². The topological polar surface area (TPSA) is 35.2 Å². The molecule has 0 fully saturated rings. The number of rotatable bonds is 5. The van der Waals surface area contributed by atoms with E-state index in [9.17, 15) is 0 Å². The molecule has 0 spiro atoms. The van der Waals surface area contributed by atoms with E-state index >= 15 is 0 Å². The van der Waals surface area contributed by atoms with Gasteiger partial charge in [-0.1, -0.05) is 26.0 Å². The minimum atomic E-state index is 0. The second-order valence-corrected chi connectivity index (χ2v) is 5.47. The number of benzene rings is 1. The minimum Gasteiger partial charge on any atom is -0.497 e. The summed E-state index contributed by atoms with van der Waals surface area (Å²) in [5.41, 5.74) is 7.05. The molecule has 0 aliphatic rings. The number of thioether (sulfide) groups is 1. The van der Waals surface area contributed by atoms with Gasteiger partial charge in [0.15, 0.2) is 0 Å². The van der Waals surface area contributed by atoms with E-state index < -0.39 is 0 Å². The molecule has 0 saturated heterocycles. The lowest BCUT2D eigenvalue weighted by molar-refractivity contribution is 0.414.